The van der Waals surface area contributed by atoms with E-state index >= 15 is 0 Å². The number of nitrogens with one attached hydrogen (secondary N) is 4. The first-order valence-electron chi connectivity index (χ1n) is 18.6. The Bertz CT molecular complexity index is 3080. The second kappa shape index (κ2) is 18.4. The molecule has 0 aliphatic carbocycles. The highest BCUT2D eigenvalue weighted by Gasteiger charge is 2.26. The molecule has 0 saturated heterocycles. The van der Waals surface area contributed by atoms with Crippen LogP contribution in [0.2, 0.25) is 0 Å². The summed E-state index contributed by atoms with van der Waals surface area (Å²) < 4.78 is 116. The van der Waals surface area contributed by atoms with Crippen LogP contribution in [0.25, 0.3) is 0 Å². The zero-order chi connectivity index (χ0) is 45.5. The van der Waals surface area contributed by atoms with Crippen molar-refractivity contribution in [3.63, 3.8) is 0 Å². The first kappa shape index (κ1) is 44.5. The van der Waals surface area contributed by atoms with Gasteiger partial charge >= 0.3 is 32.3 Å². The Kier molecular flexibility index (Phi) is 12.8. The fraction of sp³-hybridized carbons (Fsp3) is 0. The lowest BCUT2D eigenvalue weighted by molar-refractivity contribution is 0.261. The maximum absolute atomic E-state index is 13.5. The lowest BCUT2D eigenvalue weighted by atomic mass is 10.3. The number of anilines is 4. The number of rotatable bonds is 14. The van der Waals surface area contributed by atoms with Gasteiger partial charge in [0.25, 0.3) is 0 Å². The summed E-state index contributed by atoms with van der Waals surface area (Å²) in [7, 11) is -17.1. The van der Waals surface area contributed by atoms with E-state index in [2.05, 4.69) is 21.3 Å². The minimum absolute atomic E-state index is 0.00114. The molecule has 0 aromatic heterocycles. The number of para-hydroxylation sites is 4. The number of benzene rings is 7. The predicted octanol–water partition coefficient (Wildman–Crippen LogP) is 8.18. The molecule has 20 heteroatoms. The van der Waals surface area contributed by atoms with Gasteiger partial charge in [-0.2, -0.15) is 16.8 Å². The first-order valence-corrected chi connectivity index (χ1v) is 24.4. The van der Waals surface area contributed by atoms with Gasteiger partial charge in [-0.25, -0.2) is 26.4 Å². The van der Waals surface area contributed by atoms with Gasteiger partial charge in [0.05, 0.1) is 31.0 Å². The molecule has 4 amide bonds. The summed E-state index contributed by atoms with van der Waals surface area (Å²) in [6.45, 7) is 0. The maximum atomic E-state index is 13.5. The Morgan fingerprint density at radius 2 is 0.641 bits per heavy atom. The standard InChI is InChI=1S/C44H34N4O12S4/c49-43(45-31-22-26-35(27-23-31)61(51,52)33-12-3-1-4-13-33)47-39-18-7-9-20-41(39)59-63(55,56)37-16-11-17-38(30-37)64(57,58)60-42-21-10-8-19-40(42)48-44(50)46-32-24-28-36(29-25-32)62(53,54)34-14-5-2-6-15-34/h1-30H,(H2,45,47,49)(H2,46,48,50). The van der Waals surface area contributed by atoms with Crippen molar-refractivity contribution < 1.29 is 51.6 Å². The van der Waals surface area contributed by atoms with E-state index in [0.717, 1.165) is 24.3 Å². The van der Waals surface area contributed by atoms with Crippen LogP contribution < -0.4 is 29.6 Å². The molecule has 326 valence electrons. The van der Waals surface area contributed by atoms with E-state index < -0.39 is 61.8 Å². The van der Waals surface area contributed by atoms with Gasteiger partial charge < -0.3 is 29.6 Å². The third-order valence-electron chi connectivity index (χ3n) is 9.00. The van der Waals surface area contributed by atoms with Gasteiger partial charge in [0.2, 0.25) is 19.7 Å². The van der Waals surface area contributed by atoms with E-state index in [1.54, 1.807) is 36.4 Å². The van der Waals surface area contributed by atoms with Crippen molar-refractivity contribution >= 4 is 74.7 Å². The molecule has 0 radical (unpaired) electrons. The van der Waals surface area contributed by atoms with Crippen LogP contribution in [0.3, 0.4) is 0 Å². The second-order valence-corrected chi connectivity index (χ2v) is 20.4. The summed E-state index contributed by atoms with van der Waals surface area (Å²) in [5.41, 5.74) is 0.277. The Morgan fingerprint density at radius 3 is 1.02 bits per heavy atom. The summed E-state index contributed by atoms with van der Waals surface area (Å²) in [5.74, 6) is -0.643. The fourth-order valence-corrected chi connectivity index (χ4v) is 10.5. The molecule has 7 aromatic rings. The van der Waals surface area contributed by atoms with Crippen molar-refractivity contribution in [2.45, 2.75) is 29.4 Å². The van der Waals surface area contributed by atoms with Crippen LogP contribution >= 0.6 is 0 Å². The van der Waals surface area contributed by atoms with Gasteiger partial charge in [-0.3, -0.25) is 0 Å². The van der Waals surface area contributed by atoms with E-state index in [9.17, 15) is 43.3 Å². The highest BCUT2D eigenvalue weighted by molar-refractivity contribution is 7.92. The van der Waals surface area contributed by atoms with Crippen molar-refractivity contribution in [1.29, 1.82) is 0 Å². The average Bonchev–Trinajstić information content (AvgIpc) is 3.28. The minimum Gasteiger partial charge on any atom is -0.377 e. The third kappa shape index (κ3) is 10.4. The van der Waals surface area contributed by atoms with Gasteiger partial charge in [0.1, 0.15) is 9.79 Å². The van der Waals surface area contributed by atoms with Crippen molar-refractivity contribution in [3.8, 4) is 11.5 Å². The number of carbonyl (C=O) groups excluding carboxylic acids is 2. The van der Waals surface area contributed by atoms with Crippen LogP contribution in [0.1, 0.15) is 0 Å². The van der Waals surface area contributed by atoms with Crippen molar-refractivity contribution in [2.24, 2.45) is 0 Å². The molecule has 0 fully saturated rings. The van der Waals surface area contributed by atoms with Crippen molar-refractivity contribution in [1.82, 2.24) is 0 Å². The number of urea groups is 2. The first-order chi connectivity index (χ1) is 30.5. The van der Waals surface area contributed by atoms with Crippen LogP contribution in [0, 0.1) is 0 Å². The zero-order valence-corrected chi connectivity index (χ0v) is 36.1. The highest BCUT2D eigenvalue weighted by atomic mass is 32.2. The smallest absolute Gasteiger partial charge is 0.339 e. The third-order valence-corrected chi connectivity index (χ3v) is 15.0. The van der Waals surface area contributed by atoms with E-state index in [0.29, 0.717) is 0 Å². The van der Waals surface area contributed by atoms with E-state index in [4.69, 9.17) is 8.37 Å². The molecule has 0 heterocycles. The number of sulfone groups is 2. The van der Waals surface area contributed by atoms with Gasteiger partial charge in [0.15, 0.2) is 11.5 Å². The molecule has 64 heavy (non-hydrogen) atoms. The normalized spacial score (nSPS) is 11.8. The molecule has 7 rings (SSSR count). The summed E-state index contributed by atoms with van der Waals surface area (Å²) in [5, 5.41) is 10.0. The van der Waals surface area contributed by atoms with Crippen LogP contribution in [0.15, 0.2) is 211 Å². The van der Waals surface area contributed by atoms with Gasteiger partial charge in [-0.15, -0.1) is 0 Å². The molecule has 16 nitrogen and oxygen atoms in total. The molecule has 4 N–H and O–H groups in total. The molecule has 0 unspecified atom stereocenters. The number of amides is 4. The molecule has 0 aliphatic heterocycles. The SMILES string of the molecule is O=C(Nc1ccc(S(=O)(=O)c2ccccc2)cc1)Nc1ccccc1OS(=O)(=O)c1cccc(S(=O)(=O)Oc2ccccc2NC(=O)Nc2ccc(S(=O)(=O)c3ccccc3)cc2)c1. The van der Waals surface area contributed by atoms with Crippen molar-refractivity contribution in [2.75, 3.05) is 21.3 Å². The Labute approximate surface area is 368 Å². The highest BCUT2D eigenvalue weighted by Crippen LogP contribution is 2.31. The average molecular weight is 939 g/mol. The quantitative estimate of drug-likeness (QED) is 0.0756. The summed E-state index contributed by atoms with van der Waals surface area (Å²) in [6.07, 6.45) is 0. The second-order valence-electron chi connectivity index (χ2n) is 13.4. The molecule has 0 saturated carbocycles. The Morgan fingerprint density at radius 1 is 0.328 bits per heavy atom. The predicted molar refractivity (Wildman–Crippen MR) is 237 cm³/mol. The van der Waals surface area contributed by atoms with Crippen LogP contribution in [0.4, 0.5) is 32.3 Å². The minimum atomic E-state index is -4.75. The largest absolute Gasteiger partial charge is 0.377 e. The Hall–Kier alpha value is -7.52. The Balaban J connectivity index is 0.995. The summed E-state index contributed by atoms with van der Waals surface area (Å²) in [4.78, 5) is 24.9. The lowest BCUT2D eigenvalue weighted by Crippen LogP contribution is -2.21. The van der Waals surface area contributed by atoms with Crippen LogP contribution in [0.5, 0.6) is 11.5 Å². The summed E-state index contributed by atoms with van der Waals surface area (Å²) >= 11 is 0. The maximum Gasteiger partial charge on any atom is 0.339 e. The van der Waals surface area contributed by atoms with E-state index in [1.165, 1.54) is 121 Å². The number of carbonyl (C=O) groups is 2. The van der Waals surface area contributed by atoms with Crippen LogP contribution in [-0.4, -0.2) is 45.7 Å². The molecule has 0 aliphatic rings. The summed E-state index contributed by atoms with van der Waals surface area (Å²) in [6, 6.07) is 40.0. The van der Waals surface area contributed by atoms with Gasteiger partial charge in [0, 0.05) is 11.4 Å². The molecular weight excluding hydrogens is 905 g/mol. The number of hydrogen-bond acceptors (Lipinski definition) is 12. The fourth-order valence-electron chi connectivity index (χ4n) is 5.88. The molecule has 0 spiro atoms. The lowest BCUT2D eigenvalue weighted by Gasteiger charge is -2.15. The molecule has 7 aromatic carbocycles. The molecular formula is C44H34N4O12S4. The van der Waals surface area contributed by atoms with Gasteiger partial charge in [-0.1, -0.05) is 66.7 Å². The topological polar surface area (TPSA) is 237 Å². The molecule has 0 bridgehead atoms. The monoisotopic (exact) mass is 938 g/mol. The van der Waals surface area contributed by atoms with E-state index in [1.807, 2.05) is 0 Å². The molecule has 0 atom stereocenters. The van der Waals surface area contributed by atoms with Crippen LogP contribution in [-0.2, 0) is 39.9 Å². The van der Waals surface area contributed by atoms with Gasteiger partial charge in [-0.05, 0) is 115 Å². The number of hydrogen-bond donors (Lipinski definition) is 4. The van der Waals surface area contributed by atoms with E-state index in [-0.39, 0.29) is 53.8 Å². The zero-order valence-electron chi connectivity index (χ0n) is 32.9. The van der Waals surface area contributed by atoms with Crippen molar-refractivity contribution in [3.05, 3.63) is 182 Å².